The highest BCUT2D eigenvalue weighted by molar-refractivity contribution is 5.37. The predicted molar refractivity (Wildman–Crippen MR) is 70.2 cm³/mol. The van der Waals surface area contributed by atoms with Crippen molar-refractivity contribution in [3.8, 4) is 5.75 Å². The molecule has 0 bridgehead atoms. The fraction of sp³-hybridized carbons (Fsp3) is 0.571. The van der Waals surface area contributed by atoms with Crippen LogP contribution in [0.1, 0.15) is 24.5 Å². The number of nitrogens with zero attached hydrogens (tertiary/aromatic N) is 1. The molecule has 0 aliphatic carbocycles. The van der Waals surface area contributed by atoms with Gasteiger partial charge < -0.3 is 10.5 Å². The summed E-state index contributed by atoms with van der Waals surface area (Å²) in [5.74, 6) is 0.995. The summed E-state index contributed by atoms with van der Waals surface area (Å²) in [4.78, 5) is 2.42. The molecule has 0 saturated carbocycles. The highest BCUT2D eigenvalue weighted by Crippen LogP contribution is 2.22. The average Bonchev–Trinajstić information content (AvgIpc) is 2.74. The topological polar surface area (TPSA) is 38.5 Å². The number of hydrogen-bond donors (Lipinski definition) is 1. The van der Waals surface area contributed by atoms with Crippen LogP contribution in [0.2, 0.25) is 0 Å². The molecule has 1 fully saturated rings. The first-order chi connectivity index (χ1) is 8.22. The highest BCUT2D eigenvalue weighted by Gasteiger charge is 2.19. The maximum Gasteiger partial charge on any atom is 0.122 e. The molecular formula is C14H22N2O. The van der Waals surface area contributed by atoms with Crippen LogP contribution >= 0.6 is 0 Å². The summed E-state index contributed by atoms with van der Waals surface area (Å²) in [5.41, 5.74) is 8.56. The van der Waals surface area contributed by atoms with E-state index in [0.717, 1.165) is 38.2 Å². The zero-order valence-electron chi connectivity index (χ0n) is 10.8. The van der Waals surface area contributed by atoms with Gasteiger partial charge in [0.25, 0.3) is 0 Å². The van der Waals surface area contributed by atoms with Crippen molar-refractivity contribution in [2.45, 2.75) is 32.4 Å². The van der Waals surface area contributed by atoms with Crippen LogP contribution in [-0.2, 0) is 13.0 Å². The van der Waals surface area contributed by atoms with Crippen molar-refractivity contribution in [3.63, 3.8) is 0 Å². The second kappa shape index (κ2) is 5.52. The van der Waals surface area contributed by atoms with Gasteiger partial charge in [0.15, 0.2) is 0 Å². The van der Waals surface area contributed by atoms with Gasteiger partial charge in [-0.2, -0.15) is 0 Å². The highest BCUT2D eigenvalue weighted by atomic mass is 16.5. The third kappa shape index (κ3) is 2.99. The average molecular weight is 234 g/mol. The van der Waals surface area contributed by atoms with Gasteiger partial charge in [0.05, 0.1) is 7.11 Å². The molecule has 0 aromatic heterocycles. The molecule has 1 aliphatic rings. The smallest absolute Gasteiger partial charge is 0.122 e. The van der Waals surface area contributed by atoms with Crippen molar-refractivity contribution < 1.29 is 4.74 Å². The summed E-state index contributed by atoms with van der Waals surface area (Å²) in [6.45, 7) is 5.31. The Balaban J connectivity index is 2.06. The van der Waals surface area contributed by atoms with E-state index in [0.29, 0.717) is 6.04 Å². The molecule has 2 rings (SSSR count). The van der Waals surface area contributed by atoms with Crippen LogP contribution in [0, 0.1) is 0 Å². The molecule has 0 amide bonds. The summed E-state index contributed by atoms with van der Waals surface area (Å²) >= 11 is 0. The first kappa shape index (κ1) is 12.4. The molecule has 1 heterocycles. The molecular weight excluding hydrogens is 212 g/mol. The normalized spacial score (nSPS) is 20.8. The lowest BCUT2D eigenvalue weighted by Crippen LogP contribution is -2.26. The number of methoxy groups -OCH3 is 1. The maximum absolute atomic E-state index is 5.92. The van der Waals surface area contributed by atoms with Gasteiger partial charge in [0.1, 0.15) is 5.75 Å². The molecule has 17 heavy (non-hydrogen) atoms. The van der Waals surface area contributed by atoms with Crippen molar-refractivity contribution in [2.24, 2.45) is 5.73 Å². The zero-order chi connectivity index (χ0) is 12.3. The molecule has 1 aliphatic heterocycles. The van der Waals surface area contributed by atoms with Crippen LogP contribution in [0.4, 0.5) is 0 Å². The summed E-state index contributed by atoms with van der Waals surface area (Å²) in [5, 5.41) is 0. The van der Waals surface area contributed by atoms with Crippen molar-refractivity contribution in [2.75, 3.05) is 20.2 Å². The van der Waals surface area contributed by atoms with E-state index in [2.05, 4.69) is 30.0 Å². The van der Waals surface area contributed by atoms with Gasteiger partial charge in [-0.3, -0.25) is 4.90 Å². The fourth-order valence-electron chi connectivity index (χ4n) is 2.47. The van der Waals surface area contributed by atoms with Gasteiger partial charge in [0, 0.05) is 25.7 Å². The van der Waals surface area contributed by atoms with E-state index in [-0.39, 0.29) is 0 Å². The number of benzene rings is 1. The third-order valence-electron chi connectivity index (χ3n) is 3.44. The first-order valence-electron chi connectivity index (χ1n) is 6.36. The Morgan fingerprint density at radius 1 is 1.47 bits per heavy atom. The van der Waals surface area contributed by atoms with Crippen LogP contribution < -0.4 is 10.5 Å². The van der Waals surface area contributed by atoms with E-state index in [1.807, 2.05) is 0 Å². The summed E-state index contributed by atoms with van der Waals surface area (Å²) in [6, 6.07) is 6.84. The minimum atomic E-state index is 0.360. The number of rotatable bonds is 4. The number of likely N-dealkylation sites (tertiary alicyclic amines) is 1. The second-order valence-electron chi connectivity index (χ2n) is 4.78. The van der Waals surface area contributed by atoms with Crippen LogP contribution in [0.25, 0.3) is 0 Å². The molecule has 1 aromatic rings. The van der Waals surface area contributed by atoms with Crippen LogP contribution in [-0.4, -0.2) is 31.1 Å². The summed E-state index contributed by atoms with van der Waals surface area (Å²) < 4.78 is 5.34. The fourth-order valence-corrected chi connectivity index (χ4v) is 2.47. The van der Waals surface area contributed by atoms with Crippen molar-refractivity contribution in [1.29, 1.82) is 0 Å². The Morgan fingerprint density at radius 3 is 2.88 bits per heavy atom. The van der Waals surface area contributed by atoms with E-state index in [1.54, 1.807) is 7.11 Å². The summed E-state index contributed by atoms with van der Waals surface area (Å²) in [6.07, 6.45) is 2.13. The monoisotopic (exact) mass is 234 g/mol. The number of ether oxygens (including phenoxy) is 1. The Bertz CT molecular complexity index is 378. The lowest BCUT2D eigenvalue weighted by atomic mass is 10.1. The van der Waals surface area contributed by atoms with Gasteiger partial charge in [-0.25, -0.2) is 0 Å². The third-order valence-corrected chi connectivity index (χ3v) is 3.44. The van der Waals surface area contributed by atoms with Crippen molar-refractivity contribution in [3.05, 3.63) is 29.3 Å². The summed E-state index contributed by atoms with van der Waals surface area (Å²) in [7, 11) is 1.73. The first-order valence-corrected chi connectivity index (χ1v) is 6.36. The second-order valence-corrected chi connectivity index (χ2v) is 4.78. The Kier molecular flexibility index (Phi) is 4.02. The van der Waals surface area contributed by atoms with Gasteiger partial charge >= 0.3 is 0 Å². The van der Waals surface area contributed by atoms with Gasteiger partial charge in [-0.1, -0.05) is 19.1 Å². The molecule has 1 atom stereocenters. The Hall–Kier alpha value is -1.06. The lowest BCUT2D eigenvalue weighted by Gasteiger charge is -2.16. The Labute approximate surface area is 104 Å². The molecule has 0 radical (unpaired) electrons. The van der Waals surface area contributed by atoms with Gasteiger partial charge in [-0.05, 0) is 30.0 Å². The number of hydrogen-bond acceptors (Lipinski definition) is 3. The van der Waals surface area contributed by atoms with E-state index in [1.165, 1.54) is 11.1 Å². The quantitative estimate of drug-likeness (QED) is 0.863. The van der Waals surface area contributed by atoms with E-state index in [9.17, 15) is 0 Å². The predicted octanol–water partition coefficient (Wildman–Crippen LogP) is 1.79. The SMILES string of the molecule is CCc1cc(CN2CCC(N)C2)ccc1OC. The Morgan fingerprint density at radius 2 is 2.29 bits per heavy atom. The molecule has 2 N–H and O–H groups in total. The number of aryl methyl sites for hydroxylation is 1. The molecule has 3 nitrogen and oxygen atoms in total. The van der Waals surface area contributed by atoms with Gasteiger partial charge in [-0.15, -0.1) is 0 Å². The molecule has 1 unspecified atom stereocenters. The zero-order valence-corrected chi connectivity index (χ0v) is 10.8. The van der Waals surface area contributed by atoms with Crippen molar-refractivity contribution in [1.82, 2.24) is 4.90 Å². The largest absolute Gasteiger partial charge is 0.496 e. The van der Waals surface area contributed by atoms with Crippen LogP contribution in [0.15, 0.2) is 18.2 Å². The van der Waals surface area contributed by atoms with Crippen molar-refractivity contribution >= 4 is 0 Å². The van der Waals surface area contributed by atoms with Gasteiger partial charge in [0.2, 0.25) is 0 Å². The molecule has 1 saturated heterocycles. The number of nitrogens with two attached hydrogens (primary N) is 1. The van der Waals surface area contributed by atoms with Crippen LogP contribution in [0.3, 0.4) is 0 Å². The van der Waals surface area contributed by atoms with E-state index >= 15 is 0 Å². The van der Waals surface area contributed by atoms with E-state index in [4.69, 9.17) is 10.5 Å². The minimum Gasteiger partial charge on any atom is -0.496 e. The maximum atomic E-state index is 5.92. The minimum absolute atomic E-state index is 0.360. The molecule has 94 valence electrons. The standard InChI is InChI=1S/C14H22N2O/c1-3-12-8-11(4-5-14(12)17-2)9-16-7-6-13(15)10-16/h4-5,8,13H,3,6-7,9-10,15H2,1-2H3. The molecule has 0 spiro atoms. The lowest BCUT2D eigenvalue weighted by molar-refractivity contribution is 0.326. The van der Waals surface area contributed by atoms with Crippen LogP contribution in [0.5, 0.6) is 5.75 Å². The van der Waals surface area contributed by atoms with E-state index < -0.39 is 0 Å². The molecule has 3 heteroatoms. The molecule has 1 aromatic carbocycles.